The molecule has 1 heterocycles. The van der Waals surface area contributed by atoms with Crippen molar-refractivity contribution in [2.75, 3.05) is 11.5 Å². The third-order valence-electron chi connectivity index (χ3n) is 4.27. The van der Waals surface area contributed by atoms with E-state index in [0.29, 0.717) is 16.5 Å². The number of anilines is 2. The summed E-state index contributed by atoms with van der Waals surface area (Å²) in [6, 6.07) is 16.2. The highest BCUT2D eigenvalue weighted by Crippen LogP contribution is 2.35. The molecule has 0 amide bonds. The molecule has 1 aromatic heterocycles. The molecule has 0 atom stereocenters. The van der Waals surface area contributed by atoms with E-state index in [-0.39, 0.29) is 20.8 Å². The molecule has 0 saturated carbocycles. The summed E-state index contributed by atoms with van der Waals surface area (Å²) < 4.78 is 32.0. The highest BCUT2D eigenvalue weighted by molar-refractivity contribution is 7.92. The van der Waals surface area contributed by atoms with Crippen LogP contribution < -0.4 is 17.1 Å². The SMILES string of the molecule is Nc1c(S(=O)(=O)c2ccc(N)c3ccccc23)c2ccccc2oc1=O. The standard InChI is InChI=1S/C19H14N2O4S/c20-14-9-10-16(12-6-2-1-5-11(12)14)26(23,24)18-13-7-3-4-8-15(13)25-19(22)17(18)21/h1-10H,20-21H2. The molecule has 130 valence electrons. The summed E-state index contributed by atoms with van der Waals surface area (Å²) in [5, 5.41) is 1.33. The summed E-state index contributed by atoms with van der Waals surface area (Å²) in [7, 11) is -4.10. The van der Waals surface area contributed by atoms with E-state index in [1.165, 1.54) is 18.2 Å². The van der Waals surface area contributed by atoms with Gasteiger partial charge in [-0.15, -0.1) is 0 Å². The Balaban J connectivity index is 2.16. The molecule has 4 rings (SSSR count). The summed E-state index contributed by atoms with van der Waals surface area (Å²) >= 11 is 0. The first-order chi connectivity index (χ1) is 12.4. The summed E-state index contributed by atoms with van der Waals surface area (Å²) in [4.78, 5) is 11.9. The highest BCUT2D eigenvalue weighted by Gasteiger charge is 2.28. The van der Waals surface area contributed by atoms with Gasteiger partial charge in [0, 0.05) is 21.8 Å². The zero-order chi connectivity index (χ0) is 18.5. The van der Waals surface area contributed by atoms with Crippen LogP contribution >= 0.6 is 0 Å². The predicted octanol–water partition coefficient (Wildman–Crippen LogP) is 2.94. The summed E-state index contributed by atoms with van der Waals surface area (Å²) in [5.41, 5.74) is 11.1. The van der Waals surface area contributed by atoms with E-state index in [4.69, 9.17) is 15.9 Å². The van der Waals surface area contributed by atoms with Crippen LogP contribution in [0, 0.1) is 0 Å². The van der Waals surface area contributed by atoms with Crippen LogP contribution in [0.4, 0.5) is 11.4 Å². The van der Waals surface area contributed by atoms with Crippen LogP contribution in [0.1, 0.15) is 0 Å². The molecule has 0 unspecified atom stereocenters. The molecular formula is C19H14N2O4S. The van der Waals surface area contributed by atoms with E-state index in [2.05, 4.69) is 0 Å². The number of benzene rings is 3. The Morgan fingerprint density at radius 2 is 1.38 bits per heavy atom. The molecule has 0 fully saturated rings. The maximum absolute atomic E-state index is 13.4. The average molecular weight is 366 g/mol. The molecule has 26 heavy (non-hydrogen) atoms. The minimum atomic E-state index is -4.10. The number of nitrogens with two attached hydrogens (primary N) is 2. The van der Waals surface area contributed by atoms with Gasteiger partial charge < -0.3 is 15.9 Å². The van der Waals surface area contributed by atoms with Gasteiger partial charge in [-0.1, -0.05) is 36.4 Å². The number of hydrogen-bond donors (Lipinski definition) is 2. The third-order valence-corrected chi connectivity index (χ3v) is 6.19. The van der Waals surface area contributed by atoms with Crippen molar-refractivity contribution in [2.24, 2.45) is 0 Å². The second-order valence-electron chi connectivity index (χ2n) is 5.83. The molecule has 0 saturated heterocycles. The molecule has 4 aromatic rings. The zero-order valence-corrected chi connectivity index (χ0v) is 14.3. The Hall–Kier alpha value is -3.32. The molecule has 0 radical (unpaired) electrons. The number of fused-ring (bicyclic) bond motifs is 2. The van der Waals surface area contributed by atoms with Crippen molar-refractivity contribution < 1.29 is 12.8 Å². The van der Waals surface area contributed by atoms with Crippen LogP contribution in [0.25, 0.3) is 21.7 Å². The molecule has 6 nitrogen and oxygen atoms in total. The average Bonchev–Trinajstić information content (AvgIpc) is 2.63. The van der Waals surface area contributed by atoms with Crippen molar-refractivity contribution >= 4 is 43.0 Å². The summed E-state index contributed by atoms with van der Waals surface area (Å²) in [5.74, 6) is 0. The highest BCUT2D eigenvalue weighted by atomic mass is 32.2. The van der Waals surface area contributed by atoms with Crippen LogP contribution in [0.3, 0.4) is 0 Å². The minimum absolute atomic E-state index is 0.0322. The molecule has 4 N–H and O–H groups in total. The monoisotopic (exact) mass is 366 g/mol. The van der Waals surface area contributed by atoms with Crippen molar-refractivity contribution in [3.63, 3.8) is 0 Å². The second-order valence-corrected chi connectivity index (χ2v) is 7.69. The van der Waals surface area contributed by atoms with Crippen LogP contribution in [0.5, 0.6) is 0 Å². The lowest BCUT2D eigenvalue weighted by Crippen LogP contribution is -2.15. The van der Waals surface area contributed by atoms with Crippen LogP contribution in [0.15, 0.2) is 79.7 Å². The Labute approximate surface area is 148 Å². The van der Waals surface area contributed by atoms with Gasteiger partial charge in [-0.2, -0.15) is 0 Å². The van der Waals surface area contributed by atoms with Gasteiger partial charge >= 0.3 is 5.63 Å². The topological polar surface area (TPSA) is 116 Å². The van der Waals surface area contributed by atoms with Gasteiger partial charge in [0.1, 0.15) is 16.2 Å². The fourth-order valence-corrected chi connectivity index (χ4v) is 4.83. The van der Waals surface area contributed by atoms with Crippen LogP contribution in [-0.4, -0.2) is 8.42 Å². The molecule has 0 bridgehead atoms. The normalized spacial score (nSPS) is 11.8. The van der Waals surface area contributed by atoms with Crippen molar-refractivity contribution in [1.29, 1.82) is 0 Å². The molecule has 0 aliphatic rings. The number of hydrogen-bond acceptors (Lipinski definition) is 6. The van der Waals surface area contributed by atoms with E-state index in [0.717, 1.165) is 0 Å². The lowest BCUT2D eigenvalue weighted by molar-refractivity contribution is 0.557. The molecule has 7 heteroatoms. The van der Waals surface area contributed by atoms with Crippen LogP contribution in [-0.2, 0) is 9.84 Å². The Bertz CT molecular complexity index is 1340. The van der Waals surface area contributed by atoms with E-state index in [9.17, 15) is 13.2 Å². The molecule has 3 aromatic carbocycles. The molecule has 0 spiro atoms. The van der Waals surface area contributed by atoms with Crippen molar-refractivity contribution in [3.05, 3.63) is 71.1 Å². The third kappa shape index (κ3) is 2.25. The lowest BCUT2D eigenvalue weighted by Gasteiger charge is -2.13. The van der Waals surface area contributed by atoms with E-state index < -0.39 is 21.2 Å². The van der Waals surface area contributed by atoms with E-state index in [1.54, 1.807) is 42.5 Å². The molecule has 0 aliphatic heterocycles. The summed E-state index contributed by atoms with van der Waals surface area (Å²) in [6.07, 6.45) is 0. The predicted molar refractivity (Wildman–Crippen MR) is 101 cm³/mol. The second kappa shape index (κ2) is 5.60. The van der Waals surface area contributed by atoms with Gasteiger partial charge in [-0.05, 0) is 24.3 Å². The largest absolute Gasteiger partial charge is 0.421 e. The smallest absolute Gasteiger partial charge is 0.361 e. The number of para-hydroxylation sites is 1. The zero-order valence-electron chi connectivity index (χ0n) is 13.5. The Kier molecular flexibility index (Phi) is 3.48. The molecule has 0 aliphatic carbocycles. The molecular weight excluding hydrogens is 352 g/mol. The van der Waals surface area contributed by atoms with Gasteiger partial charge in [0.25, 0.3) is 0 Å². The Morgan fingerprint density at radius 1 is 0.769 bits per heavy atom. The maximum atomic E-state index is 13.4. The first kappa shape index (κ1) is 16.2. The van der Waals surface area contributed by atoms with Crippen molar-refractivity contribution in [3.8, 4) is 0 Å². The summed E-state index contributed by atoms with van der Waals surface area (Å²) in [6.45, 7) is 0. The minimum Gasteiger partial charge on any atom is -0.421 e. The van der Waals surface area contributed by atoms with Gasteiger partial charge in [0.15, 0.2) is 0 Å². The maximum Gasteiger partial charge on any atom is 0.361 e. The van der Waals surface area contributed by atoms with Crippen molar-refractivity contribution in [2.45, 2.75) is 9.79 Å². The number of rotatable bonds is 2. The number of nitrogen functional groups attached to an aromatic ring is 2. The quantitative estimate of drug-likeness (QED) is 0.416. The first-order valence-electron chi connectivity index (χ1n) is 7.75. The van der Waals surface area contributed by atoms with E-state index >= 15 is 0 Å². The van der Waals surface area contributed by atoms with Gasteiger partial charge in [0.2, 0.25) is 9.84 Å². The Morgan fingerprint density at radius 3 is 2.12 bits per heavy atom. The number of sulfone groups is 1. The fraction of sp³-hybridized carbons (Fsp3) is 0. The van der Waals surface area contributed by atoms with Gasteiger partial charge in [0.05, 0.1) is 4.90 Å². The fourth-order valence-electron chi connectivity index (χ4n) is 3.06. The van der Waals surface area contributed by atoms with Gasteiger partial charge in [-0.3, -0.25) is 0 Å². The van der Waals surface area contributed by atoms with Gasteiger partial charge in [-0.25, -0.2) is 13.2 Å². The lowest BCUT2D eigenvalue weighted by atomic mass is 10.1. The van der Waals surface area contributed by atoms with Crippen molar-refractivity contribution in [1.82, 2.24) is 0 Å². The van der Waals surface area contributed by atoms with Crippen LogP contribution in [0.2, 0.25) is 0 Å². The van der Waals surface area contributed by atoms with E-state index in [1.807, 2.05) is 0 Å². The first-order valence-corrected chi connectivity index (χ1v) is 9.23.